The highest BCUT2D eigenvalue weighted by molar-refractivity contribution is 6.33. The number of nitrogens with one attached hydrogen (secondary N) is 2. The summed E-state index contributed by atoms with van der Waals surface area (Å²) in [7, 11) is 0. The summed E-state index contributed by atoms with van der Waals surface area (Å²) in [4.78, 5) is 15.9. The molecule has 0 bridgehead atoms. The third kappa shape index (κ3) is 2.68. The third-order valence-electron chi connectivity index (χ3n) is 2.44. The van der Waals surface area contributed by atoms with E-state index in [1.54, 1.807) is 12.1 Å². The monoisotopic (exact) mass is 264 g/mol. The summed E-state index contributed by atoms with van der Waals surface area (Å²) in [6.07, 6.45) is 0.700. The van der Waals surface area contributed by atoms with Crippen molar-refractivity contribution in [3.05, 3.63) is 40.4 Å². The van der Waals surface area contributed by atoms with Crippen molar-refractivity contribution in [1.82, 2.24) is 15.2 Å². The van der Waals surface area contributed by atoms with Gasteiger partial charge in [0, 0.05) is 6.42 Å². The Morgan fingerprint density at radius 3 is 2.89 bits per heavy atom. The van der Waals surface area contributed by atoms with Crippen molar-refractivity contribution >= 4 is 23.2 Å². The maximum atomic E-state index is 11.9. The highest BCUT2D eigenvalue weighted by Crippen LogP contribution is 2.22. The number of aromatic amines is 1. The number of hydrogen-bond donors (Lipinski definition) is 2. The Morgan fingerprint density at radius 1 is 1.50 bits per heavy atom. The predicted octanol–water partition coefficient (Wildman–Crippen LogP) is 2.58. The van der Waals surface area contributed by atoms with E-state index in [0.717, 1.165) is 5.56 Å². The molecule has 0 radical (unpaired) electrons. The number of halogens is 1. The van der Waals surface area contributed by atoms with Crippen LogP contribution in [0.4, 0.5) is 5.69 Å². The fraction of sp³-hybridized carbons (Fsp3) is 0.250. The van der Waals surface area contributed by atoms with Crippen molar-refractivity contribution in [1.29, 1.82) is 0 Å². The van der Waals surface area contributed by atoms with Gasteiger partial charge in [-0.15, -0.1) is 5.10 Å². The summed E-state index contributed by atoms with van der Waals surface area (Å²) in [5.41, 5.74) is 1.58. The van der Waals surface area contributed by atoms with E-state index in [0.29, 0.717) is 23.0 Å². The number of rotatable bonds is 3. The quantitative estimate of drug-likeness (QED) is 0.895. The van der Waals surface area contributed by atoms with E-state index >= 15 is 0 Å². The van der Waals surface area contributed by atoms with Gasteiger partial charge in [0.15, 0.2) is 0 Å². The van der Waals surface area contributed by atoms with E-state index in [9.17, 15) is 4.79 Å². The van der Waals surface area contributed by atoms with Crippen LogP contribution in [0.2, 0.25) is 5.02 Å². The van der Waals surface area contributed by atoms with Crippen molar-refractivity contribution in [2.45, 2.75) is 20.3 Å². The maximum absolute atomic E-state index is 11.9. The fourth-order valence-electron chi connectivity index (χ4n) is 1.45. The minimum absolute atomic E-state index is 0.114. The lowest BCUT2D eigenvalue weighted by Crippen LogP contribution is -2.14. The molecule has 2 rings (SSSR count). The van der Waals surface area contributed by atoms with Crippen molar-refractivity contribution < 1.29 is 4.79 Å². The zero-order valence-corrected chi connectivity index (χ0v) is 10.9. The molecule has 1 aromatic heterocycles. The molecule has 0 saturated heterocycles. The third-order valence-corrected chi connectivity index (χ3v) is 2.76. The van der Waals surface area contributed by atoms with Gasteiger partial charge in [0.25, 0.3) is 5.91 Å². The molecule has 6 heteroatoms. The molecule has 0 atom stereocenters. The van der Waals surface area contributed by atoms with Gasteiger partial charge in [-0.05, 0) is 24.6 Å². The van der Waals surface area contributed by atoms with E-state index in [-0.39, 0.29) is 11.7 Å². The number of hydrogen-bond acceptors (Lipinski definition) is 3. The van der Waals surface area contributed by atoms with Crippen LogP contribution in [0.15, 0.2) is 18.2 Å². The molecule has 0 aliphatic rings. The molecular weight excluding hydrogens is 252 g/mol. The molecule has 0 spiro atoms. The van der Waals surface area contributed by atoms with Crippen LogP contribution in [-0.2, 0) is 6.42 Å². The Kier molecular flexibility index (Phi) is 3.62. The van der Waals surface area contributed by atoms with Gasteiger partial charge in [-0.3, -0.25) is 9.89 Å². The maximum Gasteiger partial charge on any atom is 0.295 e. The number of aromatic nitrogens is 3. The van der Waals surface area contributed by atoms with E-state index in [2.05, 4.69) is 20.5 Å². The molecular formula is C12H13ClN4O. The highest BCUT2D eigenvalue weighted by atomic mass is 35.5. The van der Waals surface area contributed by atoms with Gasteiger partial charge in [0.05, 0.1) is 10.7 Å². The average Bonchev–Trinajstić information content (AvgIpc) is 2.81. The van der Waals surface area contributed by atoms with Crippen LogP contribution < -0.4 is 5.32 Å². The lowest BCUT2D eigenvalue weighted by atomic mass is 10.2. The Balaban J connectivity index is 2.16. The number of carbonyl (C=O) groups excluding carboxylic acids is 1. The van der Waals surface area contributed by atoms with Crippen molar-refractivity contribution in [3.63, 3.8) is 0 Å². The Hall–Kier alpha value is -1.88. The molecule has 0 saturated carbocycles. The summed E-state index contributed by atoms with van der Waals surface area (Å²) in [5.74, 6) is 0.412. The van der Waals surface area contributed by atoms with Crippen molar-refractivity contribution in [2.75, 3.05) is 5.32 Å². The molecule has 1 amide bonds. The molecule has 1 heterocycles. The van der Waals surface area contributed by atoms with Gasteiger partial charge < -0.3 is 5.32 Å². The molecule has 1 aromatic carbocycles. The number of H-pyrrole nitrogens is 1. The van der Waals surface area contributed by atoms with E-state index in [1.165, 1.54) is 0 Å². The van der Waals surface area contributed by atoms with E-state index in [1.807, 2.05) is 19.9 Å². The fourth-order valence-corrected chi connectivity index (χ4v) is 1.74. The first-order valence-corrected chi connectivity index (χ1v) is 5.96. The van der Waals surface area contributed by atoms with Gasteiger partial charge in [0.2, 0.25) is 5.82 Å². The minimum atomic E-state index is -0.378. The minimum Gasteiger partial charge on any atom is -0.318 e. The first-order valence-electron chi connectivity index (χ1n) is 5.59. The molecule has 0 unspecified atom stereocenters. The van der Waals surface area contributed by atoms with E-state index in [4.69, 9.17) is 11.6 Å². The van der Waals surface area contributed by atoms with Gasteiger partial charge in [-0.25, -0.2) is 4.98 Å². The van der Waals surface area contributed by atoms with Crippen LogP contribution in [-0.4, -0.2) is 21.1 Å². The van der Waals surface area contributed by atoms with Crippen LogP contribution in [0.3, 0.4) is 0 Å². The first-order chi connectivity index (χ1) is 8.60. The van der Waals surface area contributed by atoms with Crippen molar-refractivity contribution in [3.8, 4) is 0 Å². The number of anilines is 1. The Labute approximate surface area is 110 Å². The SMILES string of the molecule is CCc1nc(C(=O)Nc2ccc(C)cc2Cl)n[nH]1. The second-order valence-corrected chi connectivity index (χ2v) is 4.30. The summed E-state index contributed by atoms with van der Waals surface area (Å²) in [6.45, 7) is 3.86. The largest absolute Gasteiger partial charge is 0.318 e. The van der Waals surface area contributed by atoms with Crippen LogP contribution in [0.5, 0.6) is 0 Å². The normalized spacial score (nSPS) is 10.4. The molecule has 18 heavy (non-hydrogen) atoms. The molecule has 0 aliphatic heterocycles. The standard InChI is InChI=1S/C12H13ClN4O/c1-3-10-15-11(17-16-10)12(18)14-9-5-4-7(2)6-8(9)13/h4-6H,3H2,1-2H3,(H,14,18)(H,15,16,17). The number of nitrogens with zero attached hydrogens (tertiary/aromatic N) is 2. The second kappa shape index (κ2) is 5.18. The van der Waals surface area contributed by atoms with E-state index < -0.39 is 0 Å². The first kappa shape index (κ1) is 12.6. The van der Waals surface area contributed by atoms with Crippen LogP contribution >= 0.6 is 11.6 Å². The molecule has 2 N–H and O–H groups in total. The number of aryl methyl sites for hydroxylation is 2. The smallest absolute Gasteiger partial charge is 0.295 e. The summed E-state index contributed by atoms with van der Waals surface area (Å²) >= 11 is 6.03. The van der Waals surface area contributed by atoms with Gasteiger partial charge >= 0.3 is 0 Å². The van der Waals surface area contributed by atoms with Gasteiger partial charge in [-0.1, -0.05) is 24.6 Å². The number of amides is 1. The van der Waals surface area contributed by atoms with Crippen molar-refractivity contribution in [2.24, 2.45) is 0 Å². The van der Waals surface area contributed by atoms with Gasteiger partial charge in [-0.2, -0.15) is 0 Å². The molecule has 0 fully saturated rings. The highest BCUT2D eigenvalue weighted by Gasteiger charge is 2.13. The summed E-state index contributed by atoms with van der Waals surface area (Å²) in [5, 5.41) is 9.70. The zero-order valence-electron chi connectivity index (χ0n) is 10.1. The number of carbonyl (C=O) groups is 1. The molecule has 94 valence electrons. The zero-order chi connectivity index (χ0) is 13.1. The van der Waals surface area contributed by atoms with Crippen LogP contribution in [0.25, 0.3) is 0 Å². The van der Waals surface area contributed by atoms with Crippen LogP contribution in [0.1, 0.15) is 28.9 Å². The molecule has 2 aromatic rings. The molecule has 0 aliphatic carbocycles. The Morgan fingerprint density at radius 2 is 2.28 bits per heavy atom. The predicted molar refractivity (Wildman–Crippen MR) is 69.9 cm³/mol. The number of benzene rings is 1. The topological polar surface area (TPSA) is 70.7 Å². The lowest BCUT2D eigenvalue weighted by molar-refractivity contribution is 0.101. The van der Waals surface area contributed by atoms with Crippen LogP contribution in [0, 0.1) is 6.92 Å². The average molecular weight is 265 g/mol. The summed E-state index contributed by atoms with van der Waals surface area (Å²) in [6, 6.07) is 5.41. The lowest BCUT2D eigenvalue weighted by Gasteiger charge is -2.05. The van der Waals surface area contributed by atoms with Gasteiger partial charge in [0.1, 0.15) is 5.82 Å². The Bertz CT molecular complexity index is 579. The second-order valence-electron chi connectivity index (χ2n) is 3.90. The summed E-state index contributed by atoms with van der Waals surface area (Å²) < 4.78 is 0. The molecule has 5 nitrogen and oxygen atoms in total.